The Labute approximate surface area is 176 Å². The van der Waals surface area contributed by atoms with Gasteiger partial charge < -0.3 is 5.32 Å². The Bertz CT molecular complexity index is 1200. The van der Waals surface area contributed by atoms with E-state index in [0.717, 1.165) is 16.8 Å². The van der Waals surface area contributed by atoms with Crippen LogP contribution in [-0.4, -0.2) is 30.7 Å². The maximum Gasteiger partial charge on any atom is 0.225 e. The predicted molar refractivity (Wildman–Crippen MR) is 113 cm³/mol. The highest BCUT2D eigenvalue weighted by Gasteiger charge is 2.19. The van der Waals surface area contributed by atoms with E-state index in [-0.39, 0.29) is 17.8 Å². The Morgan fingerprint density at radius 2 is 2.07 bits per heavy atom. The highest BCUT2D eigenvalue weighted by atomic mass is 32.1. The molecule has 152 valence electrons. The van der Waals surface area contributed by atoms with Crippen LogP contribution in [0.4, 0.5) is 10.3 Å². The van der Waals surface area contributed by atoms with E-state index >= 15 is 0 Å². The maximum atomic E-state index is 13.5. The van der Waals surface area contributed by atoms with Crippen molar-refractivity contribution in [2.24, 2.45) is 0 Å². The molecule has 0 aliphatic rings. The smallest absolute Gasteiger partial charge is 0.225 e. The number of Topliss-reactive ketones (excluding diaryl/α,β-unsaturated/α-hetero) is 1. The zero-order valence-corrected chi connectivity index (χ0v) is 17.3. The lowest BCUT2D eigenvalue weighted by atomic mass is 10.1. The van der Waals surface area contributed by atoms with Gasteiger partial charge in [-0.15, -0.1) is 11.3 Å². The molecule has 0 amide bonds. The molecule has 4 aromatic rings. The van der Waals surface area contributed by atoms with Crippen LogP contribution in [0.2, 0.25) is 0 Å². The Morgan fingerprint density at radius 3 is 2.83 bits per heavy atom. The minimum absolute atomic E-state index is 0.0852. The van der Waals surface area contributed by atoms with Gasteiger partial charge in [0, 0.05) is 25.0 Å². The molecule has 0 saturated heterocycles. The molecule has 0 spiro atoms. The zero-order valence-electron chi connectivity index (χ0n) is 16.5. The minimum Gasteiger partial charge on any atom is -0.348 e. The molecule has 0 saturated carbocycles. The second-order valence-electron chi connectivity index (χ2n) is 6.87. The van der Waals surface area contributed by atoms with E-state index in [4.69, 9.17) is 0 Å². The summed E-state index contributed by atoms with van der Waals surface area (Å²) in [5.41, 5.74) is 2.46. The summed E-state index contributed by atoms with van der Waals surface area (Å²) in [7, 11) is 0. The quantitative estimate of drug-likeness (QED) is 0.444. The monoisotopic (exact) mass is 422 g/mol. The number of anilines is 1. The second kappa shape index (κ2) is 8.58. The molecule has 4 aromatic heterocycles. The standard InChI is InChI=1S/C21H19FN6OS/c1-12(15-8-16(22)11-24-10-15)25-21-27-18(19-20(28-21)26-13(2)30-19)17(29)6-5-14-4-3-7-23-9-14/h3-4,7-12H,5-6H2,1-2H3,(H,25,27,28)/t12-/m0/s1. The van der Waals surface area contributed by atoms with Gasteiger partial charge in [-0.05, 0) is 43.5 Å². The van der Waals surface area contributed by atoms with E-state index in [2.05, 4.69) is 30.2 Å². The number of aromatic nitrogens is 5. The minimum atomic E-state index is -0.418. The van der Waals surface area contributed by atoms with Crippen molar-refractivity contribution in [1.82, 2.24) is 24.9 Å². The number of pyridine rings is 2. The number of halogens is 1. The Hall–Kier alpha value is -3.33. The molecular formula is C21H19FN6OS. The summed E-state index contributed by atoms with van der Waals surface area (Å²) in [6.07, 6.45) is 7.05. The van der Waals surface area contributed by atoms with Crippen LogP contribution in [0.5, 0.6) is 0 Å². The second-order valence-corrected chi connectivity index (χ2v) is 8.07. The van der Waals surface area contributed by atoms with Gasteiger partial charge in [0.1, 0.15) is 16.2 Å². The zero-order chi connectivity index (χ0) is 21.1. The van der Waals surface area contributed by atoms with Crippen LogP contribution >= 0.6 is 11.3 Å². The summed E-state index contributed by atoms with van der Waals surface area (Å²) in [6.45, 7) is 3.71. The molecule has 0 unspecified atom stereocenters. The number of aryl methyl sites for hydroxylation is 2. The lowest BCUT2D eigenvalue weighted by molar-refractivity contribution is 0.0980. The largest absolute Gasteiger partial charge is 0.348 e. The third-order valence-electron chi connectivity index (χ3n) is 4.56. The van der Waals surface area contributed by atoms with E-state index in [0.29, 0.717) is 34.4 Å². The van der Waals surface area contributed by atoms with Crippen molar-refractivity contribution in [3.63, 3.8) is 0 Å². The summed E-state index contributed by atoms with van der Waals surface area (Å²) in [5, 5.41) is 3.94. The Balaban J connectivity index is 1.61. The molecule has 0 aliphatic heterocycles. The maximum absolute atomic E-state index is 13.5. The van der Waals surface area contributed by atoms with Gasteiger partial charge in [-0.1, -0.05) is 6.07 Å². The SMILES string of the molecule is Cc1nc2nc(N[C@@H](C)c3cncc(F)c3)nc(C(=O)CCc3cccnc3)c2s1. The number of carbonyl (C=O) groups excluding carboxylic acids is 1. The van der Waals surface area contributed by atoms with Crippen LogP contribution in [0.3, 0.4) is 0 Å². The molecule has 1 N–H and O–H groups in total. The molecule has 4 heterocycles. The number of carbonyl (C=O) groups is 1. The van der Waals surface area contributed by atoms with Crippen molar-refractivity contribution < 1.29 is 9.18 Å². The van der Waals surface area contributed by atoms with Crippen molar-refractivity contribution in [2.45, 2.75) is 32.7 Å². The average Bonchev–Trinajstić information content (AvgIpc) is 3.12. The molecule has 0 radical (unpaired) electrons. The van der Waals surface area contributed by atoms with Gasteiger partial charge in [0.2, 0.25) is 5.95 Å². The third-order valence-corrected chi connectivity index (χ3v) is 5.53. The van der Waals surface area contributed by atoms with E-state index in [1.54, 1.807) is 18.6 Å². The van der Waals surface area contributed by atoms with Gasteiger partial charge in [0.25, 0.3) is 0 Å². The fraction of sp³-hybridized carbons (Fsp3) is 0.238. The van der Waals surface area contributed by atoms with Gasteiger partial charge in [-0.25, -0.2) is 14.4 Å². The predicted octanol–water partition coefficient (Wildman–Crippen LogP) is 4.31. The summed E-state index contributed by atoms with van der Waals surface area (Å²) in [4.78, 5) is 34.3. The number of nitrogens with one attached hydrogen (secondary N) is 1. The number of fused-ring (bicyclic) bond motifs is 1. The van der Waals surface area contributed by atoms with Crippen molar-refractivity contribution in [3.8, 4) is 0 Å². The van der Waals surface area contributed by atoms with Crippen LogP contribution in [0, 0.1) is 12.7 Å². The Morgan fingerprint density at radius 1 is 1.20 bits per heavy atom. The van der Waals surface area contributed by atoms with Crippen LogP contribution in [0.1, 0.15) is 46.0 Å². The van der Waals surface area contributed by atoms with Crippen molar-refractivity contribution >= 4 is 33.4 Å². The molecule has 7 nitrogen and oxygen atoms in total. The highest BCUT2D eigenvalue weighted by Crippen LogP contribution is 2.27. The third kappa shape index (κ3) is 4.46. The van der Waals surface area contributed by atoms with Gasteiger partial charge in [0.15, 0.2) is 11.4 Å². The van der Waals surface area contributed by atoms with Gasteiger partial charge in [-0.2, -0.15) is 4.98 Å². The lowest BCUT2D eigenvalue weighted by Crippen LogP contribution is -2.13. The van der Waals surface area contributed by atoms with E-state index in [1.165, 1.54) is 17.4 Å². The molecule has 0 aromatic carbocycles. The highest BCUT2D eigenvalue weighted by molar-refractivity contribution is 7.18. The normalized spacial score (nSPS) is 12.1. The number of nitrogens with zero attached hydrogens (tertiary/aromatic N) is 5. The number of hydrogen-bond acceptors (Lipinski definition) is 8. The Kier molecular flexibility index (Phi) is 5.71. The molecule has 0 aliphatic carbocycles. The van der Waals surface area contributed by atoms with E-state index in [9.17, 15) is 9.18 Å². The summed E-state index contributed by atoms with van der Waals surface area (Å²) in [6, 6.07) is 4.88. The molecule has 9 heteroatoms. The molecule has 30 heavy (non-hydrogen) atoms. The fourth-order valence-corrected chi connectivity index (χ4v) is 3.91. The summed E-state index contributed by atoms with van der Waals surface area (Å²) in [5.74, 6) is -0.230. The average molecular weight is 422 g/mol. The molecule has 0 bridgehead atoms. The van der Waals surface area contributed by atoms with Gasteiger partial charge >= 0.3 is 0 Å². The first-order chi connectivity index (χ1) is 14.5. The fourth-order valence-electron chi connectivity index (χ4n) is 3.05. The van der Waals surface area contributed by atoms with Gasteiger partial charge in [0.05, 0.1) is 17.2 Å². The van der Waals surface area contributed by atoms with Crippen molar-refractivity contribution in [2.75, 3.05) is 5.32 Å². The van der Waals surface area contributed by atoms with E-state index < -0.39 is 5.82 Å². The first-order valence-electron chi connectivity index (χ1n) is 9.44. The number of rotatable bonds is 7. The first kappa shape index (κ1) is 20.0. The van der Waals surface area contributed by atoms with Crippen molar-refractivity contribution in [3.05, 3.63) is 70.6 Å². The lowest BCUT2D eigenvalue weighted by Gasteiger charge is -2.14. The number of hydrogen-bond donors (Lipinski definition) is 1. The van der Waals surface area contributed by atoms with Crippen LogP contribution in [-0.2, 0) is 6.42 Å². The molecular weight excluding hydrogens is 403 g/mol. The molecule has 4 rings (SSSR count). The van der Waals surface area contributed by atoms with Gasteiger partial charge in [-0.3, -0.25) is 14.8 Å². The number of thiazole rings is 1. The summed E-state index contributed by atoms with van der Waals surface area (Å²) >= 11 is 1.40. The molecule has 0 fully saturated rings. The van der Waals surface area contributed by atoms with Crippen LogP contribution in [0.15, 0.2) is 43.0 Å². The number of ketones is 1. The topological polar surface area (TPSA) is 93.5 Å². The van der Waals surface area contributed by atoms with Crippen molar-refractivity contribution in [1.29, 1.82) is 0 Å². The van der Waals surface area contributed by atoms with E-state index in [1.807, 2.05) is 26.0 Å². The first-order valence-corrected chi connectivity index (χ1v) is 10.3. The van der Waals surface area contributed by atoms with Crippen LogP contribution in [0.25, 0.3) is 10.3 Å². The molecule has 1 atom stereocenters. The van der Waals surface area contributed by atoms with Crippen LogP contribution < -0.4 is 5.32 Å². The summed E-state index contributed by atoms with van der Waals surface area (Å²) < 4.78 is 14.2.